The van der Waals surface area contributed by atoms with Gasteiger partial charge in [-0.1, -0.05) is 60.7 Å². The first kappa shape index (κ1) is 13.4. The number of esters is 1. The van der Waals surface area contributed by atoms with E-state index in [1.165, 1.54) is 10.8 Å². The fourth-order valence-corrected chi connectivity index (χ4v) is 2.31. The Bertz CT molecular complexity index is 748. The number of carbonyl (C=O) groups is 1. The van der Waals surface area contributed by atoms with Crippen molar-refractivity contribution in [3.63, 3.8) is 0 Å². The fourth-order valence-electron chi connectivity index (χ4n) is 2.31. The molecule has 21 heavy (non-hydrogen) atoms. The van der Waals surface area contributed by atoms with Crippen LogP contribution in [0.4, 0.5) is 0 Å². The van der Waals surface area contributed by atoms with Gasteiger partial charge in [-0.05, 0) is 34.9 Å². The molecule has 3 rings (SSSR count). The highest BCUT2D eigenvalue weighted by Gasteiger charge is 2.05. The van der Waals surface area contributed by atoms with E-state index in [4.69, 9.17) is 4.74 Å². The van der Waals surface area contributed by atoms with Crippen LogP contribution in [0.5, 0.6) is 5.75 Å². The molecule has 0 atom stereocenters. The van der Waals surface area contributed by atoms with Gasteiger partial charge in [0.1, 0.15) is 5.75 Å². The molecule has 0 aliphatic rings. The minimum atomic E-state index is -0.200. The van der Waals surface area contributed by atoms with Crippen molar-refractivity contribution in [1.82, 2.24) is 0 Å². The molecule has 0 bridgehead atoms. The lowest BCUT2D eigenvalue weighted by atomic mass is 10.0. The van der Waals surface area contributed by atoms with Gasteiger partial charge in [-0.15, -0.1) is 0 Å². The summed E-state index contributed by atoms with van der Waals surface area (Å²) in [5.74, 6) is 0.398. The van der Waals surface area contributed by atoms with Crippen LogP contribution in [0.1, 0.15) is 12.0 Å². The van der Waals surface area contributed by atoms with Crippen molar-refractivity contribution in [3.05, 3.63) is 78.4 Å². The van der Waals surface area contributed by atoms with Crippen LogP contribution in [0, 0.1) is 0 Å². The zero-order valence-corrected chi connectivity index (χ0v) is 11.7. The molecule has 0 unspecified atom stereocenters. The lowest BCUT2D eigenvalue weighted by Crippen LogP contribution is -2.08. The third-order valence-electron chi connectivity index (χ3n) is 3.41. The lowest BCUT2D eigenvalue weighted by molar-refractivity contribution is -0.134. The van der Waals surface area contributed by atoms with Gasteiger partial charge in [0.25, 0.3) is 0 Å². The van der Waals surface area contributed by atoms with E-state index in [1.54, 1.807) is 12.1 Å². The first-order chi connectivity index (χ1) is 10.3. The maximum Gasteiger partial charge on any atom is 0.311 e. The molecule has 0 amide bonds. The molecule has 3 aromatic rings. The highest BCUT2D eigenvalue weighted by atomic mass is 16.5. The number of aryl methyl sites for hydroxylation is 1. The van der Waals surface area contributed by atoms with Crippen molar-refractivity contribution in [1.29, 1.82) is 0 Å². The van der Waals surface area contributed by atoms with Crippen LogP contribution in [0.15, 0.2) is 72.8 Å². The van der Waals surface area contributed by atoms with E-state index in [0.717, 1.165) is 5.56 Å². The Balaban J connectivity index is 1.62. The summed E-state index contributed by atoms with van der Waals surface area (Å²) in [4.78, 5) is 11.8. The molecular weight excluding hydrogens is 260 g/mol. The Morgan fingerprint density at radius 3 is 2.33 bits per heavy atom. The highest BCUT2D eigenvalue weighted by molar-refractivity contribution is 5.83. The molecule has 0 aromatic heterocycles. The summed E-state index contributed by atoms with van der Waals surface area (Å²) in [5, 5.41) is 2.42. The summed E-state index contributed by atoms with van der Waals surface area (Å²) < 4.78 is 5.28. The molecule has 0 radical (unpaired) electrons. The van der Waals surface area contributed by atoms with Gasteiger partial charge in [0.2, 0.25) is 0 Å². The smallest absolute Gasteiger partial charge is 0.311 e. The van der Waals surface area contributed by atoms with Crippen LogP contribution >= 0.6 is 0 Å². The van der Waals surface area contributed by atoms with Crippen LogP contribution in [-0.4, -0.2) is 5.97 Å². The third-order valence-corrected chi connectivity index (χ3v) is 3.41. The van der Waals surface area contributed by atoms with Gasteiger partial charge < -0.3 is 4.74 Å². The molecule has 2 nitrogen and oxygen atoms in total. The zero-order valence-electron chi connectivity index (χ0n) is 11.7. The predicted octanol–water partition coefficient (Wildman–Crippen LogP) is 4.38. The minimum Gasteiger partial charge on any atom is -0.427 e. The Kier molecular flexibility index (Phi) is 3.97. The maximum atomic E-state index is 11.8. The molecule has 0 spiro atoms. The van der Waals surface area contributed by atoms with Crippen LogP contribution in [0.2, 0.25) is 0 Å². The minimum absolute atomic E-state index is 0.200. The van der Waals surface area contributed by atoms with E-state index in [-0.39, 0.29) is 5.97 Å². The largest absolute Gasteiger partial charge is 0.427 e. The van der Waals surface area contributed by atoms with Crippen molar-refractivity contribution in [2.45, 2.75) is 12.8 Å². The van der Waals surface area contributed by atoms with Crippen molar-refractivity contribution in [2.75, 3.05) is 0 Å². The molecule has 2 heteroatoms. The SMILES string of the molecule is O=C(CCc1ccc2ccccc2c1)Oc1ccccc1. The maximum absolute atomic E-state index is 11.8. The number of ether oxygens (including phenoxy) is 1. The second-order valence-electron chi connectivity index (χ2n) is 4.97. The number of benzene rings is 3. The molecule has 0 saturated carbocycles. The average Bonchev–Trinajstić information content (AvgIpc) is 2.54. The molecule has 0 aliphatic heterocycles. The summed E-state index contributed by atoms with van der Waals surface area (Å²) in [6, 6.07) is 23.7. The number of fused-ring (bicyclic) bond motifs is 1. The molecule has 0 fully saturated rings. The predicted molar refractivity (Wildman–Crippen MR) is 84.3 cm³/mol. The molecule has 3 aromatic carbocycles. The van der Waals surface area contributed by atoms with Gasteiger partial charge in [0, 0.05) is 6.42 Å². The van der Waals surface area contributed by atoms with Crippen LogP contribution in [0.25, 0.3) is 10.8 Å². The first-order valence-electron chi connectivity index (χ1n) is 7.05. The second-order valence-corrected chi connectivity index (χ2v) is 4.97. The fraction of sp³-hybridized carbons (Fsp3) is 0.105. The summed E-state index contributed by atoms with van der Waals surface area (Å²) >= 11 is 0. The number of hydrogen-bond acceptors (Lipinski definition) is 2. The summed E-state index contributed by atoms with van der Waals surface area (Å²) in [6.45, 7) is 0. The Morgan fingerprint density at radius 2 is 1.52 bits per heavy atom. The quantitative estimate of drug-likeness (QED) is 0.522. The highest BCUT2D eigenvalue weighted by Crippen LogP contribution is 2.17. The van der Waals surface area contributed by atoms with Crippen LogP contribution in [0.3, 0.4) is 0 Å². The van der Waals surface area contributed by atoms with Gasteiger partial charge in [-0.2, -0.15) is 0 Å². The van der Waals surface area contributed by atoms with E-state index in [1.807, 2.05) is 30.3 Å². The van der Waals surface area contributed by atoms with E-state index in [2.05, 4.69) is 30.3 Å². The topological polar surface area (TPSA) is 26.3 Å². The van der Waals surface area contributed by atoms with Gasteiger partial charge in [0.05, 0.1) is 0 Å². The molecule has 0 N–H and O–H groups in total. The van der Waals surface area contributed by atoms with Gasteiger partial charge in [0.15, 0.2) is 0 Å². The van der Waals surface area contributed by atoms with Crippen molar-refractivity contribution in [3.8, 4) is 5.75 Å². The summed E-state index contributed by atoms with van der Waals surface area (Å²) in [7, 11) is 0. The second kappa shape index (κ2) is 6.23. The molecule has 0 heterocycles. The molecule has 0 aliphatic carbocycles. The molecule has 104 valence electrons. The Morgan fingerprint density at radius 1 is 0.810 bits per heavy atom. The van der Waals surface area contributed by atoms with Gasteiger partial charge in [-0.25, -0.2) is 0 Å². The van der Waals surface area contributed by atoms with Gasteiger partial charge in [-0.3, -0.25) is 4.79 Å². The van der Waals surface area contributed by atoms with Crippen LogP contribution < -0.4 is 4.74 Å². The van der Waals surface area contributed by atoms with E-state index in [0.29, 0.717) is 18.6 Å². The van der Waals surface area contributed by atoms with Crippen molar-refractivity contribution >= 4 is 16.7 Å². The van der Waals surface area contributed by atoms with Crippen molar-refractivity contribution in [2.24, 2.45) is 0 Å². The lowest BCUT2D eigenvalue weighted by Gasteiger charge is -2.05. The van der Waals surface area contributed by atoms with E-state index >= 15 is 0 Å². The first-order valence-corrected chi connectivity index (χ1v) is 7.05. The normalized spacial score (nSPS) is 10.5. The number of rotatable bonds is 4. The third kappa shape index (κ3) is 3.48. The monoisotopic (exact) mass is 276 g/mol. The number of carbonyl (C=O) groups excluding carboxylic acids is 1. The number of hydrogen-bond donors (Lipinski definition) is 0. The van der Waals surface area contributed by atoms with Crippen molar-refractivity contribution < 1.29 is 9.53 Å². The number of para-hydroxylation sites is 1. The Hall–Kier alpha value is -2.61. The molecule has 0 saturated heterocycles. The zero-order chi connectivity index (χ0) is 14.5. The van der Waals surface area contributed by atoms with Crippen LogP contribution in [-0.2, 0) is 11.2 Å². The standard InChI is InChI=1S/C19H16O2/c20-19(21-18-8-2-1-3-9-18)13-11-15-10-12-16-6-4-5-7-17(16)14-15/h1-10,12,14H,11,13H2. The summed E-state index contributed by atoms with van der Waals surface area (Å²) in [5.41, 5.74) is 1.15. The Labute approximate surface area is 124 Å². The van der Waals surface area contributed by atoms with E-state index < -0.39 is 0 Å². The molecular formula is C19H16O2. The average molecular weight is 276 g/mol. The summed E-state index contributed by atoms with van der Waals surface area (Å²) in [6.07, 6.45) is 1.07. The van der Waals surface area contributed by atoms with E-state index in [9.17, 15) is 4.79 Å². The van der Waals surface area contributed by atoms with Gasteiger partial charge >= 0.3 is 5.97 Å².